The zero-order valence-corrected chi connectivity index (χ0v) is 19.7. The molecule has 1 fully saturated rings. The number of hydrogen-bond acceptors (Lipinski definition) is 7. The molecule has 10 heteroatoms. The molecule has 34 heavy (non-hydrogen) atoms. The van der Waals surface area contributed by atoms with E-state index in [2.05, 4.69) is 22.5 Å². The first-order valence-electron chi connectivity index (χ1n) is 11.0. The van der Waals surface area contributed by atoms with Crippen molar-refractivity contribution in [2.75, 3.05) is 28.6 Å². The summed E-state index contributed by atoms with van der Waals surface area (Å²) in [7, 11) is 0. The van der Waals surface area contributed by atoms with Gasteiger partial charge in [-0.15, -0.1) is 11.3 Å². The summed E-state index contributed by atoms with van der Waals surface area (Å²) in [5.41, 5.74) is 2.88. The summed E-state index contributed by atoms with van der Waals surface area (Å²) in [4.78, 5) is 41.7. The lowest BCUT2D eigenvalue weighted by atomic mass is 9.99. The van der Waals surface area contributed by atoms with Crippen molar-refractivity contribution < 1.29 is 14.5 Å². The predicted molar refractivity (Wildman–Crippen MR) is 134 cm³/mol. The summed E-state index contributed by atoms with van der Waals surface area (Å²) in [6, 6.07) is 11.8. The minimum Gasteiger partial charge on any atom is -0.366 e. The lowest BCUT2D eigenvalue weighted by Crippen LogP contribution is -2.34. The number of benzene rings is 2. The van der Waals surface area contributed by atoms with E-state index < -0.39 is 10.8 Å². The van der Waals surface area contributed by atoms with E-state index in [4.69, 9.17) is 0 Å². The van der Waals surface area contributed by atoms with E-state index in [0.29, 0.717) is 28.1 Å². The Hall–Kier alpha value is -3.79. The molecule has 1 aromatic heterocycles. The van der Waals surface area contributed by atoms with Gasteiger partial charge < -0.3 is 10.2 Å². The van der Waals surface area contributed by atoms with Crippen LogP contribution in [-0.2, 0) is 4.79 Å². The second kappa shape index (κ2) is 10.0. The van der Waals surface area contributed by atoms with E-state index in [1.807, 2.05) is 22.4 Å². The molecule has 3 aromatic rings. The average molecular weight is 480 g/mol. The Labute approximate surface area is 201 Å². The highest BCUT2D eigenvalue weighted by Crippen LogP contribution is 2.33. The molecule has 2 N–H and O–H groups in total. The Morgan fingerprint density at radius 2 is 1.94 bits per heavy atom. The molecule has 2 amide bonds. The first kappa shape index (κ1) is 23.4. The number of thiazole rings is 1. The van der Waals surface area contributed by atoms with Crippen LogP contribution in [0.15, 0.2) is 47.8 Å². The molecule has 1 aliphatic heterocycles. The molecule has 0 saturated carbocycles. The summed E-state index contributed by atoms with van der Waals surface area (Å²) in [5, 5.41) is 19.4. The number of nitro benzene ring substituents is 1. The van der Waals surface area contributed by atoms with E-state index in [0.717, 1.165) is 31.5 Å². The van der Waals surface area contributed by atoms with Gasteiger partial charge in [0.2, 0.25) is 5.91 Å². The number of anilines is 3. The second-order valence-corrected chi connectivity index (χ2v) is 9.26. The third-order valence-electron chi connectivity index (χ3n) is 5.66. The van der Waals surface area contributed by atoms with Gasteiger partial charge in [-0.2, -0.15) is 0 Å². The zero-order chi connectivity index (χ0) is 24.2. The van der Waals surface area contributed by atoms with Crippen LogP contribution in [-0.4, -0.2) is 34.8 Å². The quantitative estimate of drug-likeness (QED) is 0.372. The van der Waals surface area contributed by atoms with Gasteiger partial charge in [0.1, 0.15) is 5.69 Å². The third kappa shape index (κ3) is 5.40. The number of aromatic nitrogens is 1. The molecule has 0 radical (unpaired) electrons. The van der Waals surface area contributed by atoms with Crippen LogP contribution in [0.5, 0.6) is 0 Å². The van der Waals surface area contributed by atoms with Gasteiger partial charge in [-0.25, -0.2) is 4.98 Å². The molecule has 0 unspecified atom stereocenters. The van der Waals surface area contributed by atoms with Crippen LogP contribution < -0.4 is 15.5 Å². The zero-order valence-electron chi connectivity index (χ0n) is 18.9. The van der Waals surface area contributed by atoms with Crippen LogP contribution in [0, 0.1) is 16.0 Å². The van der Waals surface area contributed by atoms with Crippen molar-refractivity contribution >= 4 is 45.3 Å². The minimum absolute atomic E-state index is 0.0687. The minimum atomic E-state index is -0.455. The highest BCUT2D eigenvalue weighted by atomic mass is 32.1. The standard InChI is InChI=1S/C24H25N5O4S/c1-15-4-3-11-28(13-15)21-10-7-18(12-22(21)29(32)33)23(31)27-24-26-20(14-34-24)17-5-8-19(9-6-17)25-16(2)30/h5-10,12,14-15H,3-4,11,13H2,1-2H3,(H,25,30)(H,26,27,31)/t15-/m0/s1. The largest absolute Gasteiger partial charge is 0.366 e. The first-order valence-corrected chi connectivity index (χ1v) is 11.9. The van der Waals surface area contributed by atoms with Crippen LogP contribution in [0.4, 0.5) is 22.2 Å². The van der Waals surface area contributed by atoms with Crippen LogP contribution >= 0.6 is 11.3 Å². The Bertz CT molecular complexity index is 1220. The normalized spacial score (nSPS) is 15.6. The van der Waals surface area contributed by atoms with Gasteiger partial charge in [0.05, 0.1) is 10.6 Å². The van der Waals surface area contributed by atoms with Crippen LogP contribution in [0.25, 0.3) is 11.3 Å². The number of carbonyl (C=O) groups excluding carboxylic acids is 2. The fraction of sp³-hybridized carbons (Fsp3) is 0.292. The Balaban J connectivity index is 1.48. The Kier molecular flexibility index (Phi) is 6.87. The van der Waals surface area contributed by atoms with Gasteiger partial charge in [0.15, 0.2) is 5.13 Å². The van der Waals surface area contributed by atoms with Gasteiger partial charge in [-0.3, -0.25) is 25.0 Å². The van der Waals surface area contributed by atoms with Crippen molar-refractivity contribution in [3.8, 4) is 11.3 Å². The molecule has 1 atom stereocenters. The number of rotatable bonds is 6. The summed E-state index contributed by atoms with van der Waals surface area (Å²) >= 11 is 1.26. The maximum absolute atomic E-state index is 12.8. The summed E-state index contributed by atoms with van der Waals surface area (Å²) in [5.74, 6) is -0.134. The van der Waals surface area contributed by atoms with E-state index in [1.54, 1.807) is 24.3 Å². The molecule has 1 saturated heterocycles. The maximum Gasteiger partial charge on any atom is 0.293 e. The SMILES string of the molecule is CC(=O)Nc1ccc(-c2csc(NC(=O)c3ccc(N4CCC[C@H](C)C4)c([N+](=O)[O-])c3)n2)cc1. The fourth-order valence-corrected chi connectivity index (χ4v) is 4.76. The molecular weight excluding hydrogens is 454 g/mol. The summed E-state index contributed by atoms with van der Waals surface area (Å²) < 4.78 is 0. The van der Waals surface area contributed by atoms with Crippen molar-refractivity contribution in [1.29, 1.82) is 0 Å². The third-order valence-corrected chi connectivity index (χ3v) is 6.42. The number of nitrogens with zero attached hydrogens (tertiary/aromatic N) is 3. The van der Waals surface area contributed by atoms with Gasteiger partial charge >= 0.3 is 0 Å². The molecule has 0 bridgehead atoms. The smallest absolute Gasteiger partial charge is 0.293 e. The first-order chi connectivity index (χ1) is 16.3. The molecule has 2 heterocycles. The summed E-state index contributed by atoms with van der Waals surface area (Å²) in [6.07, 6.45) is 2.10. The van der Waals surface area contributed by atoms with Crippen molar-refractivity contribution in [2.45, 2.75) is 26.7 Å². The topological polar surface area (TPSA) is 117 Å². The number of nitro groups is 1. The van der Waals surface area contributed by atoms with Crippen molar-refractivity contribution in [1.82, 2.24) is 4.98 Å². The average Bonchev–Trinajstić information content (AvgIpc) is 3.27. The molecule has 2 aromatic carbocycles. The molecule has 1 aliphatic rings. The van der Waals surface area contributed by atoms with E-state index in [-0.39, 0.29) is 17.2 Å². The van der Waals surface area contributed by atoms with Gasteiger partial charge in [-0.1, -0.05) is 19.1 Å². The Morgan fingerprint density at radius 3 is 2.62 bits per heavy atom. The van der Waals surface area contributed by atoms with Crippen molar-refractivity contribution in [3.05, 3.63) is 63.5 Å². The van der Waals surface area contributed by atoms with E-state index in [1.165, 1.54) is 24.3 Å². The van der Waals surface area contributed by atoms with Gasteiger partial charge in [-0.05, 0) is 43.0 Å². The number of amides is 2. The highest BCUT2D eigenvalue weighted by molar-refractivity contribution is 7.14. The highest BCUT2D eigenvalue weighted by Gasteiger charge is 2.25. The molecule has 0 spiro atoms. The van der Waals surface area contributed by atoms with Crippen LogP contribution in [0.3, 0.4) is 0 Å². The van der Waals surface area contributed by atoms with Crippen LogP contribution in [0.1, 0.15) is 37.0 Å². The Morgan fingerprint density at radius 1 is 1.18 bits per heavy atom. The second-order valence-electron chi connectivity index (χ2n) is 8.40. The number of nitrogens with one attached hydrogen (secondary N) is 2. The van der Waals surface area contributed by atoms with Crippen molar-refractivity contribution in [3.63, 3.8) is 0 Å². The number of piperidine rings is 1. The van der Waals surface area contributed by atoms with E-state index >= 15 is 0 Å². The predicted octanol–water partition coefficient (Wildman–Crippen LogP) is 5.17. The summed E-state index contributed by atoms with van der Waals surface area (Å²) in [6.45, 7) is 5.11. The van der Waals surface area contributed by atoms with Gasteiger partial charge in [0, 0.05) is 48.3 Å². The molecule has 4 rings (SSSR count). The fourth-order valence-electron chi connectivity index (χ4n) is 4.05. The number of hydrogen-bond donors (Lipinski definition) is 2. The maximum atomic E-state index is 12.8. The lowest BCUT2D eigenvalue weighted by Gasteiger charge is -2.32. The molecule has 9 nitrogen and oxygen atoms in total. The lowest BCUT2D eigenvalue weighted by molar-refractivity contribution is -0.384. The monoisotopic (exact) mass is 479 g/mol. The molecule has 176 valence electrons. The molecular formula is C24H25N5O4S. The molecule has 0 aliphatic carbocycles. The van der Waals surface area contributed by atoms with Crippen LogP contribution in [0.2, 0.25) is 0 Å². The number of carbonyl (C=O) groups is 2. The van der Waals surface area contributed by atoms with E-state index in [9.17, 15) is 19.7 Å². The van der Waals surface area contributed by atoms with Crippen molar-refractivity contribution in [2.24, 2.45) is 5.92 Å². The van der Waals surface area contributed by atoms with Gasteiger partial charge in [0.25, 0.3) is 11.6 Å².